The third-order valence-electron chi connectivity index (χ3n) is 2.62. The van der Waals surface area contributed by atoms with Crippen molar-refractivity contribution in [2.45, 2.75) is 26.7 Å². The molecular weight excluding hydrogens is 261 g/mol. The van der Waals surface area contributed by atoms with Gasteiger partial charge in [0, 0.05) is 9.50 Å². The first-order valence-electron chi connectivity index (χ1n) is 4.64. The fourth-order valence-electron chi connectivity index (χ4n) is 1.50. The summed E-state index contributed by atoms with van der Waals surface area (Å²) in [4.78, 5) is 0. The summed E-state index contributed by atoms with van der Waals surface area (Å²) in [5.41, 5.74) is 9.22. The van der Waals surface area contributed by atoms with Gasteiger partial charge in [-0.25, -0.2) is 0 Å². The second-order valence-electron chi connectivity index (χ2n) is 3.65. The van der Waals surface area contributed by atoms with Gasteiger partial charge in [-0.05, 0) is 49.1 Å². The summed E-state index contributed by atoms with van der Waals surface area (Å²) in [6, 6.07) is 2.02. The summed E-state index contributed by atoms with van der Waals surface area (Å²) in [6.45, 7) is 6.86. The van der Waals surface area contributed by atoms with Gasteiger partial charge < -0.3 is 5.73 Å². The topological polar surface area (TPSA) is 26.0 Å². The van der Waals surface area contributed by atoms with Gasteiger partial charge in [-0.2, -0.15) is 0 Å². The second kappa shape index (κ2) is 4.65. The lowest BCUT2D eigenvalue weighted by atomic mass is 9.95. The zero-order chi connectivity index (χ0) is 10.9. The van der Waals surface area contributed by atoms with Crippen molar-refractivity contribution in [2.24, 2.45) is 5.73 Å². The van der Waals surface area contributed by atoms with E-state index in [1.54, 1.807) is 0 Å². The van der Waals surface area contributed by atoms with Crippen molar-refractivity contribution in [1.29, 1.82) is 0 Å². The Bertz CT molecular complexity index is 350. The van der Waals surface area contributed by atoms with Crippen LogP contribution in [0.3, 0.4) is 0 Å². The van der Waals surface area contributed by atoms with E-state index in [0.29, 0.717) is 12.5 Å². The third kappa shape index (κ3) is 2.13. The molecule has 0 radical (unpaired) electrons. The Morgan fingerprint density at radius 2 is 2.00 bits per heavy atom. The van der Waals surface area contributed by atoms with Gasteiger partial charge in [-0.1, -0.05) is 34.5 Å². The average molecular weight is 277 g/mol. The van der Waals surface area contributed by atoms with Gasteiger partial charge in [0.1, 0.15) is 0 Å². The number of hydrogen-bond acceptors (Lipinski definition) is 1. The van der Waals surface area contributed by atoms with E-state index in [-0.39, 0.29) is 0 Å². The SMILES string of the molecule is Cc1c(Cl)cc(C(C)CN)c(C)c1Br. The van der Waals surface area contributed by atoms with E-state index in [1.165, 1.54) is 11.1 Å². The quantitative estimate of drug-likeness (QED) is 0.874. The van der Waals surface area contributed by atoms with Crippen molar-refractivity contribution in [1.82, 2.24) is 0 Å². The largest absolute Gasteiger partial charge is 0.330 e. The minimum atomic E-state index is 0.351. The van der Waals surface area contributed by atoms with E-state index in [1.807, 2.05) is 13.0 Å². The third-order valence-corrected chi connectivity index (χ3v) is 4.20. The van der Waals surface area contributed by atoms with Crippen LogP contribution in [-0.4, -0.2) is 6.54 Å². The number of nitrogens with two attached hydrogens (primary N) is 1. The van der Waals surface area contributed by atoms with Crippen LogP contribution < -0.4 is 5.73 Å². The maximum Gasteiger partial charge on any atom is 0.0449 e. The number of benzene rings is 1. The molecule has 2 N–H and O–H groups in total. The molecule has 1 aromatic rings. The van der Waals surface area contributed by atoms with E-state index in [4.69, 9.17) is 17.3 Å². The van der Waals surface area contributed by atoms with E-state index >= 15 is 0 Å². The first-order valence-corrected chi connectivity index (χ1v) is 5.81. The monoisotopic (exact) mass is 275 g/mol. The Morgan fingerprint density at radius 3 is 2.50 bits per heavy atom. The molecule has 0 aliphatic heterocycles. The van der Waals surface area contributed by atoms with Gasteiger partial charge in [0.2, 0.25) is 0 Å². The zero-order valence-corrected chi connectivity index (χ0v) is 11.0. The highest BCUT2D eigenvalue weighted by Crippen LogP contribution is 2.33. The van der Waals surface area contributed by atoms with Crippen LogP contribution in [0.15, 0.2) is 10.5 Å². The van der Waals surface area contributed by atoms with Crippen LogP contribution in [-0.2, 0) is 0 Å². The molecule has 14 heavy (non-hydrogen) atoms. The van der Waals surface area contributed by atoms with Crippen molar-refractivity contribution in [3.63, 3.8) is 0 Å². The molecule has 0 heterocycles. The molecule has 1 unspecified atom stereocenters. The molecule has 0 aliphatic rings. The van der Waals surface area contributed by atoms with Gasteiger partial charge in [0.25, 0.3) is 0 Å². The van der Waals surface area contributed by atoms with Gasteiger partial charge in [-0.3, -0.25) is 0 Å². The lowest BCUT2D eigenvalue weighted by Crippen LogP contribution is -2.10. The Hall–Kier alpha value is -0.0500. The van der Waals surface area contributed by atoms with Crippen LogP contribution in [0.2, 0.25) is 5.02 Å². The molecule has 1 nitrogen and oxygen atoms in total. The average Bonchev–Trinajstić information content (AvgIpc) is 2.19. The van der Waals surface area contributed by atoms with Crippen LogP contribution in [0.4, 0.5) is 0 Å². The molecule has 1 atom stereocenters. The smallest absolute Gasteiger partial charge is 0.0449 e. The van der Waals surface area contributed by atoms with E-state index in [2.05, 4.69) is 29.8 Å². The molecule has 1 rings (SSSR count). The van der Waals surface area contributed by atoms with E-state index < -0.39 is 0 Å². The van der Waals surface area contributed by atoms with Crippen molar-refractivity contribution in [3.05, 3.63) is 32.3 Å². The van der Waals surface area contributed by atoms with Crippen molar-refractivity contribution in [3.8, 4) is 0 Å². The van der Waals surface area contributed by atoms with Crippen molar-refractivity contribution >= 4 is 27.5 Å². The predicted molar refractivity (Wildman–Crippen MR) is 66.1 cm³/mol. The van der Waals surface area contributed by atoms with Crippen LogP contribution in [0.5, 0.6) is 0 Å². The zero-order valence-electron chi connectivity index (χ0n) is 8.70. The summed E-state index contributed by atoms with van der Waals surface area (Å²) >= 11 is 9.67. The van der Waals surface area contributed by atoms with Crippen LogP contribution in [0.1, 0.15) is 29.5 Å². The predicted octanol–water partition coefficient (Wildman–Crippen LogP) is 3.78. The van der Waals surface area contributed by atoms with Gasteiger partial charge in [-0.15, -0.1) is 0 Å². The second-order valence-corrected chi connectivity index (χ2v) is 4.85. The molecule has 0 spiro atoms. The van der Waals surface area contributed by atoms with Crippen LogP contribution >= 0.6 is 27.5 Å². The lowest BCUT2D eigenvalue weighted by Gasteiger charge is -2.16. The van der Waals surface area contributed by atoms with Gasteiger partial charge >= 0.3 is 0 Å². The van der Waals surface area contributed by atoms with Crippen molar-refractivity contribution < 1.29 is 0 Å². The Morgan fingerprint density at radius 1 is 1.43 bits per heavy atom. The van der Waals surface area contributed by atoms with Crippen LogP contribution in [0.25, 0.3) is 0 Å². The maximum atomic E-state index is 6.12. The molecule has 3 heteroatoms. The molecule has 0 saturated carbocycles. The highest BCUT2D eigenvalue weighted by Gasteiger charge is 2.13. The standard InChI is InChI=1S/C11H15BrClN/c1-6(5-14)9-4-10(13)8(3)11(12)7(9)2/h4,6H,5,14H2,1-3H3. The summed E-state index contributed by atoms with van der Waals surface area (Å²) < 4.78 is 1.10. The highest BCUT2D eigenvalue weighted by molar-refractivity contribution is 9.10. The minimum Gasteiger partial charge on any atom is -0.330 e. The lowest BCUT2D eigenvalue weighted by molar-refractivity contribution is 0.766. The summed E-state index contributed by atoms with van der Waals surface area (Å²) in [7, 11) is 0. The molecule has 78 valence electrons. The number of rotatable bonds is 2. The summed E-state index contributed by atoms with van der Waals surface area (Å²) in [5.74, 6) is 0.351. The maximum absolute atomic E-state index is 6.12. The molecule has 0 aliphatic carbocycles. The first kappa shape index (κ1) is 12.0. The van der Waals surface area contributed by atoms with Crippen molar-refractivity contribution in [2.75, 3.05) is 6.54 Å². The number of halogens is 2. The molecule has 0 bridgehead atoms. The van der Waals surface area contributed by atoms with Crippen LogP contribution in [0, 0.1) is 13.8 Å². The first-order chi connectivity index (χ1) is 6.49. The fraction of sp³-hybridized carbons (Fsp3) is 0.455. The normalized spacial score (nSPS) is 13.0. The minimum absolute atomic E-state index is 0.351. The van der Waals surface area contributed by atoms with E-state index in [9.17, 15) is 0 Å². The molecular formula is C11H15BrClN. The number of hydrogen-bond donors (Lipinski definition) is 1. The summed E-state index contributed by atoms with van der Waals surface area (Å²) in [5, 5.41) is 0.803. The van der Waals surface area contributed by atoms with Gasteiger partial charge in [0.15, 0.2) is 0 Å². The Labute approximate surface area is 98.8 Å². The fourth-order valence-corrected chi connectivity index (χ4v) is 2.27. The van der Waals surface area contributed by atoms with Gasteiger partial charge in [0.05, 0.1) is 0 Å². The molecule has 0 saturated heterocycles. The molecule has 0 aromatic heterocycles. The van der Waals surface area contributed by atoms with E-state index in [0.717, 1.165) is 15.1 Å². The highest BCUT2D eigenvalue weighted by atomic mass is 79.9. The molecule has 1 aromatic carbocycles. The molecule has 0 amide bonds. The summed E-state index contributed by atoms with van der Waals surface area (Å²) in [6.07, 6.45) is 0. The Balaban J connectivity index is 3.33. The Kier molecular flexibility index (Phi) is 3.99. The molecule has 0 fully saturated rings.